The molecule has 2 amide bonds. The average molecular weight is 354 g/mol. The molecule has 0 unspecified atom stereocenters. The molecule has 26 heavy (non-hydrogen) atoms. The summed E-state index contributed by atoms with van der Waals surface area (Å²) < 4.78 is 5.89. The number of anilines is 1. The zero-order valence-electron chi connectivity index (χ0n) is 14.6. The van der Waals surface area contributed by atoms with Crippen molar-refractivity contribution in [2.24, 2.45) is 5.41 Å². The molecule has 0 radical (unpaired) electrons. The fourth-order valence-electron chi connectivity index (χ4n) is 4.43. The number of rotatable bonds is 2. The van der Waals surface area contributed by atoms with Crippen LogP contribution in [0.4, 0.5) is 5.69 Å². The first kappa shape index (κ1) is 15.8. The van der Waals surface area contributed by atoms with Crippen LogP contribution in [-0.2, 0) is 9.59 Å². The smallest absolute Gasteiger partial charge is 0.239 e. The lowest BCUT2D eigenvalue weighted by atomic mass is 9.72. The SMILES string of the molecule is O=C1CC[C@H](c2nc3ccc(N4CC5(CCNCC5)C4)cc3o2)C(=O)N1. The Kier molecular flexibility index (Phi) is 3.53. The van der Waals surface area contributed by atoms with E-state index in [9.17, 15) is 9.59 Å². The van der Waals surface area contributed by atoms with E-state index in [4.69, 9.17) is 4.42 Å². The number of carbonyl (C=O) groups is 2. The molecule has 7 nitrogen and oxygen atoms in total. The minimum Gasteiger partial charge on any atom is -0.440 e. The van der Waals surface area contributed by atoms with Crippen molar-refractivity contribution in [2.75, 3.05) is 31.1 Å². The van der Waals surface area contributed by atoms with Gasteiger partial charge in [-0.05, 0) is 44.5 Å². The van der Waals surface area contributed by atoms with E-state index in [1.54, 1.807) is 0 Å². The second-order valence-corrected chi connectivity index (χ2v) is 7.81. The number of carbonyl (C=O) groups excluding carboxylic acids is 2. The number of hydrogen-bond donors (Lipinski definition) is 2. The summed E-state index contributed by atoms with van der Waals surface area (Å²) in [7, 11) is 0. The molecule has 1 aromatic heterocycles. The van der Waals surface area contributed by atoms with E-state index in [1.807, 2.05) is 12.1 Å². The largest absolute Gasteiger partial charge is 0.440 e. The van der Waals surface area contributed by atoms with Gasteiger partial charge in [-0.3, -0.25) is 14.9 Å². The summed E-state index contributed by atoms with van der Waals surface area (Å²) in [5, 5.41) is 5.79. The number of hydrogen-bond acceptors (Lipinski definition) is 6. The molecule has 3 fully saturated rings. The van der Waals surface area contributed by atoms with Gasteiger partial charge >= 0.3 is 0 Å². The Labute approximate surface area is 151 Å². The van der Waals surface area contributed by atoms with E-state index >= 15 is 0 Å². The van der Waals surface area contributed by atoms with Gasteiger partial charge in [-0.25, -0.2) is 4.98 Å². The maximum atomic E-state index is 12.0. The first-order valence-electron chi connectivity index (χ1n) is 9.32. The van der Waals surface area contributed by atoms with Crippen LogP contribution >= 0.6 is 0 Å². The molecule has 5 rings (SSSR count). The summed E-state index contributed by atoms with van der Waals surface area (Å²) in [6.45, 7) is 4.41. The second kappa shape index (κ2) is 5.81. The molecule has 3 aliphatic rings. The number of nitrogens with zero attached hydrogens (tertiary/aromatic N) is 2. The Morgan fingerprint density at radius 2 is 2.00 bits per heavy atom. The summed E-state index contributed by atoms with van der Waals surface area (Å²) in [4.78, 5) is 30.2. The molecule has 3 saturated heterocycles. The molecular formula is C19H22N4O3. The third-order valence-electron chi connectivity index (χ3n) is 6.01. The van der Waals surface area contributed by atoms with Crippen molar-refractivity contribution in [3.63, 3.8) is 0 Å². The van der Waals surface area contributed by atoms with Crippen LogP contribution in [0.3, 0.4) is 0 Å². The molecular weight excluding hydrogens is 332 g/mol. The number of benzene rings is 1. The van der Waals surface area contributed by atoms with Crippen LogP contribution in [0.15, 0.2) is 22.6 Å². The first-order chi connectivity index (χ1) is 12.6. The van der Waals surface area contributed by atoms with Gasteiger partial charge in [0, 0.05) is 36.7 Å². The minimum atomic E-state index is -0.481. The summed E-state index contributed by atoms with van der Waals surface area (Å²) in [5.41, 5.74) is 3.08. The summed E-state index contributed by atoms with van der Waals surface area (Å²) in [5.74, 6) is -0.621. The van der Waals surface area contributed by atoms with E-state index in [0.29, 0.717) is 29.7 Å². The lowest BCUT2D eigenvalue weighted by Gasteiger charge is -2.53. The molecule has 7 heteroatoms. The van der Waals surface area contributed by atoms with E-state index < -0.39 is 5.92 Å². The molecule has 0 bridgehead atoms. The van der Waals surface area contributed by atoms with Crippen molar-refractivity contribution >= 4 is 28.6 Å². The highest BCUT2D eigenvalue weighted by atomic mass is 16.3. The van der Waals surface area contributed by atoms with Gasteiger partial charge in [-0.15, -0.1) is 0 Å². The fourth-order valence-corrected chi connectivity index (χ4v) is 4.43. The van der Waals surface area contributed by atoms with E-state index in [1.165, 1.54) is 12.8 Å². The van der Waals surface area contributed by atoms with Gasteiger partial charge in [-0.1, -0.05) is 0 Å². The predicted octanol–water partition coefficient (Wildman–Crippen LogP) is 1.54. The summed E-state index contributed by atoms with van der Waals surface area (Å²) in [6.07, 6.45) is 3.26. The van der Waals surface area contributed by atoms with Gasteiger partial charge < -0.3 is 14.6 Å². The van der Waals surface area contributed by atoms with Crippen LogP contribution < -0.4 is 15.5 Å². The molecule has 3 aliphatic heterocycles. The number of imide groups is 1. The third-order valence-corrected chi connectivity index (χ3v) is 6.01. The number of amides is 2. The molecule has 1 atom stereocenters. The molecule has 1 spiro atoms. The normalized spacial score (nSPS) is 25.4. The van der Waals surface area contributed by atoms with Gasteiger partial charge in [0.2, 0.25) is 17.7 Å². The van der Waals surface area contributed by atoms with Crippen molar-refractivity contribution in [1.29, 1.82) is 0 Å². The quantitative estimate of drug-likeness (QED) is 0.796. The minimum absolute atomic E-state index is 0.228. The number of piperidine rings is 2. The third kappa shape index (κ3) is 2.58. The highest BCUT2D eigenvalue weighted by Gasteiger charge is 2.43. The lowest BCUT2D eigenvalue weighted by molar-refractivity contribution is -0.134. The van der Waals surface area contributed by atoms with Crippen molar-refractivity contribution in [3.8, 4) is 0 Å². The summed E-state index contributed by atoms with van der Waals surface area (Å²) in [6, 6.07) is 6.05. The molecule has 2 aromatic rings. The van der Waals surface area contributed by atoms with Crippen LogP contribution in [0.2, 0.25) is 0 Å². The Bertz CT molecular complexity index is 876. The molecule has 2 N–H and O–H groups in total. The second-order valence-electron chi connectivity index (χ2n) is 7.81. The van der Waals surface area contributed by atoms with Crippen LogP contribution in [-0.4, -0.2) is 43.0 Å². The molecule has 1 aromatic carbocycles. The van der Waals surface area contributed by atoms with Crippen LogP contribution in [0, 0.1) is 5.41 Å². The zero-order valence-corrected chi connectivity index (χ0v) is 14.6. The number of nitrogens with one attached hydrogen (secondary N) is 2. The topological polar surface area (TPSA) is 87.5 Å². The van der Waals surface area contributed by atoms with Crippen LogP contribution in [0.5, 0.6) is 0 Å². The van der Waals surface area contributed by atoms with E-state index in [2.05, 4.69) is 26.6 Å². The fraction of sp³-hybridized carbons (Fsp3) is 0.526. The number of fused-ring (bicyclic) bond motifs is 1. The highest BCUT2D eigenvalue weighted by Crippen LogP contribution is 2.41. The molecule has 136 valence electrons. The van der Waals surface area contributed by atoms with Crippen LogP contribution in [0.25, 0.3) is 11.1 Å². The van der Waals surface area contributed by atoms with E-state index in [0.717, 1.165) is 37.4 Å². The van der Waals surface area contributed by atoms with Crippen molar-refractivity contribution < 1.29 is 14.0 Å². The van der Waals surface area contributed by atoms with E-state index in [-0.39, 0.29) is 11.8 Å². The standard InChI is InChI=1S/C19H22N4O3/c24-16-4-2-13(17(25)22-16)18-21-14-3-1-12(9-15(14)26-18)23-10-19(11-23)5-7-20-8-6-19/h1,3,9,13,20H,2,4-8,10-11H2,(H,22,24,25)/t13-/m0/s1. The van der Waals surface area contributed by atoms with Gasteiger partial charge in [0.1, 0.15) is 11.4 Å². The predicted molar refractivity (Wildman–Crippen MR) is 95.9 cm³/mol. The summed E-state index contributed by atoms with van der Waals surface area (Å²) >= 11 is 0. The van der Waals surface area contributed by atoms with Gasteiger partial charge in [0.05, 0.1) is 0 Å². The van der Waals surface area contributed by atoms with Crippen LogP contribution in [0.1, 0.15) is 37.5 Å². The molecule has 4 heterocycles. The highest BCUT2D eigenvalue weighted by molar-refractivity contribution is 6.00. The maximum absolute atomic E-state index is 12.0. The van der Waals surface area contributed by atoms with Gasteiger partial charge in [0.15, 0.2) is 5.58 Å². The Morgan fingerprint density at radius 3 is 2.77 bits per heavy atom. The Hall–Kier alpha value is -2.41. The zero-order chi connectivity index (χ0) is 17.7. The first-order valence-corrected chi connectivity index (χ1v) is 9.32. The van der Waals surface area contributed by atoms with Crippen molar-refractivity contribution in [1.82, 2.24) is 15.6 Å². The van der Waals surface area contributed by atoms with Crippen molar-refractivity contribution in [3.05, 3.63) is 24.1 Å². The maximum Gasteiger partial charge on any atom is 0.239 e. The number of aromatic nitrogens is 1. The molecule has 0 saturated carbocycles. The molecule has 0 aliphatic carbocycles. The monoisotopic (exact) mass is 354 g/mol. The lowest BCUT2D eigenvalue weighted by Crippen LogP contribution is -2.60. The Balaban J connectivity index is 1.36. The Morgan fingerprint density at radius 1 is 1.19 bits per heavy atom. The van der Waals surface area contributed by atoms with Gasteiger partial charge in [0.25, 0.3) is 0 Å². The van der Waals surface area contributed by atoms with Gasteiger partial charge in [-0.2, -0.15) is 0 Å². The average Bonchev–Trinajstić information content (AvgIpc) is 3.03. The number of oxazole rings is 1. The van der Waals surface area contributed by atoms with Crippen molar-refractivity contribution in [2.45, 2.75) is 31.6 Å².